The van der Waals surface area contributed by atoms with E-state index in [4.69, 9.17) is 9.88 Å². The molecule has 140 valence electrons. The minimum Gasteiger partial charge on any atom is -0.495 e. The van der Waals surface area contributed by atoms with Crippen molar-refractivity contribution in [1.82, 2.24) is 0 Å². The van der Waals surface area contributed by atoms with E-state index in [0.29, 0.717) is 0 Å². The highest BCUT2D eigenvalue weighted by atomic mass is 32.2. The van der Waals surface area contributed by atoms with Crippen LogP contribution in [0.15, 0.2) is 47.4 Å². The predicted molar refractivity (Wildman–Crippen MR) is 88.1 cm³/mol. The summed E-state index contributed by atoms with van der Waals surface area (Å²) in [6.45, 7) is 0. The Hall–Kier alpha value is -2.59. The summed E-state index contributed by atoms with van der Waals surface area (Å²) in [5.74, 6) is -0.613. The first-order valence-corrected chi connectivity index (χ1v) is 8.72. The van der Waals surface area contributed by atoms with E-state index in [1.807, 2.05) is 0 Å². The van der Waals surface area contributed by atoms with Gasteiger partial charge in [-0.15, -0.1) is 0 Å². The number of primary sulfonamides is 1. The molecule has 0 atom stereocenters. The van der Waals surface area contributed by atoms with E-state index in [9.17, 15) is 26.4 Å². The van der Waals surface area contributed by atoms with Crippen LogP contribution in [0, 0.1) is 0 Å². The van der Waals surface area contributed by atoms with Gasteiger partial charge in [-0.05, 0) is 29.8 Å². The van der Waals surface area contributed by atoms with Crippen molar-refractivity contribution in [1.29, 1.82) is 0 Å². The fourth-order valence-electron chi connectivity index (χ4n) is 2.22. The Bertz CT molecular complexity index is 927. The van der Waals surface area contributed by atoms with Gasteiger partial charge in [0.05, 0.1) is 19.1 Å². The van der Waals surface area contributed by atoms with Crippen molar-refractivity contribution in [3.8, 4) is 5.75 Å². The Labute approximate surface area is 147 Å². The molecule has 0 fully saturated rings. The third kappa shape index (κ3) is 4.96. The minimum atomic E-state index is -4.51. The molecule has 0 bridgehead atoms. The molecule has 2 rings (SSSR count). The van der Waals surface area contributed by atoms with Gasteiger partial charge in [0.2, 0.25) is 15.9 Å². The molecule has 1 amide bonds. The zero-order valence-electron chi connectivity index (χ0n) is 13.5. The summed E-state index contributed by atoms with van der Waals surface area (Å²) in [4.78, 5) is 11.7. The number of carbonyl (C=O) groups is 1. The molecule has 26 heavy (non-hydrogen) atoms. The first-order valence-electron chi connectivity index (χ1n) is 7.17. The Morgan fingerprint density at radius 3 is 2.46 bits per heavy atom. The molecule has 0 saturated carbocycles. The summed E-state index contributed by atoms with van der Waals surface area (Å²) in [6, 6.07) is 8.18. The Morgan fingerprint density at radius 1 is 1.19 bits per heavy atom. The quantitative estimate of drug-likeness (QED) is 0.822. The number of methoxy groups -OCH3 is 1. The summed E-state index contributed by atoms with van der Waals surface area (Å²) in [6.07, 6.45) is -4.83. The molecule has 2 aromatic carbocycles. The maximum atomic E-state index is 12.7. The average molecular weight is 388 g/mol. The molecule has 0 unspecified atom stereocenters. The van der Waals surface area contributed by atoms with Crippen molar-refractivity contribution in [2.24, 2.45) is 5.14 Å². The monoisotopic (exact) mass is 388 g/mol. The van der Waals surface area contributed by atoms with Crippen molar-refractivity contribution in [2.75, 3.05) is 12.4 Å². The molecule has 0 radical (unpaired) electrons. The van der Waals surface area contributed by atoms with E-state index in [2.05, 4.69) is 5.32 Å². The van der Waals surface area contributed by atoms with Gasteiger partial charge in [-0.25, -0.2) is 13.6 Å². The van der Waals surface area contributed by atoms with E-state index in [1.54, 1.807) is 0 Å². The summed E-state index contributed by atoms with van der Waals surface area (Å²) in [7, 11) is -2.83. The summed E-state index contributed by atoms with van der Waals surface area (Å²) in [5, 5.41) is 7.50. The lowest BCUT2D eigenvalue weighted by Gasteiger charge is -2.11. The summed E-state index contributed by atoms with van der Waals surface area (Å²) < 4.78 is 66.1. The van der Waals surface area contributed by atoms with E-state index in [1.165, 1.54) is 31.4 Å². The average Bonchev–Trinajstić information content (AvgIpc) is 2.53. The molecule has 0 aliphatic carbocycles. The van der Waals surface area contributed by atoms with Gasteiger partial charge in [-0.1, -0.05) is 18.2 Å². The van der Waals surface area contributed by atoms with Crippen LogP contribution in [-0.2, 0) is 27.4 Å². The van der Waals surface area contributed by atoms with Gasteiger partial charge in [0, 0.05) is 5.69 Å². The van der Waals surface area contributed by atoms with Crippen molar-refractivity contribution < 1.29 is 31.1 Å². The van der Waals surface area contributed by atoms with Crippen LogP contribution in [0.1, 0.15) is 11.1 Å². The largest absolute Gasteiger partial charge is 0.495 e. The lowest BCUT2D eigenvalue weighted by atomic mass is 10.1. The van der Waals surface area contributed by atoms with Crippen molar-refractivity contribution >= 4 is 21.6 Å². The second-order valence-corrected chi connectivity index (χ2v) is 6.86. The van der Waals surface area contributed by atoms with Crippen LogP contribution in [-0.4, -0.2) is 21.4 Å². The molecule has 0 heterocycles. The fourth-order valence-corrected chi connectivity index (χ4v) is 2.95. The second-order valence-electron chi connectivity index (χ2n) is 5.33. The third-order valence-electron chi connectivity index (χ3n) is 3.37. The third-order valence-corrected chi connectivity index (χ3v) is 4.30. The van der Waals surface area contributed by atoms with Gasteiger partial charge in [-0.2, -0.15) is 13.2 Å². The number of hydrogen-bond donors (Lipinski definition) is 2. The van der Waals surface area contributed by atoms with E-state index >= 15 is 0 Å². The normalized spacial score (nSPS) is 11.9. The minimum absolute atomic E-state index is 0.00313. The van der Waals surface area contributed by atoms with Crippen molar-refractivity contribution in [3.05, 3.63) is 53.6 Å². The molecule has 3 N–H and O–H groups in total. The topological polar surface area (TPSA) is 98.5 Å². The SMILES string of the molecule is COc1ccc(NC(=O)Cc2cccc(C(F)(F)F)c2)cc1S(N)(=O)=O. The van der Waals surface area contributed by atoms with Crippen LogP contribution in [0.5, 0.6) is 5.75 Å². The number of hydrogen-bond acceptors (Lipinski definition) is 4. The fraction of sp³-hybridized carbons (Fsp3) is 0.188. The number of halogens is 3. The molecule has 0 aliphatic rings. The lowest BCUT2D eigenvalue weighted by molar-refractivity contribution is -0.137. The van der Waals surface area contributed by atoms with Gasteiger partial charge < -0.3 is 10.1 Å². The summed E-state index contributed by atoms with van der Waals surface area (Å²) in [5.41, 5.74) is -0.576. The van der Waals surface area contributed by atoms with E-state index in [0.717, 1.165) is 18.2 Å². The molecule has 2 aromatic rings. The van der Waals surface area contributed by atoms with Crippen LogP contribution in [0.2, 0.25) is 0 Å². The molecule has 0 aromatic heterocycles. The van der Waals surface area contributed by atoms with Gasteiger partial charge in [0.15, 0.2) is 0 Å². The molecule has 0 spiro atoms. The van der Waals surface area contributed by atoms with E-state index in [-0.39, 0.29) is 28.3 Å². The Kier molecular flexibility index (Phi) is 5.57. The first-order chi connectivity index (χ1) is 12.0. The number of ether oxygens (including phenoxy) is 1. The predicted octanol–water partition coefficient (Wildman–Crippen LogP) is 2.54. The van der Waals surface area contributed by atoms with Gasteiger partial charge >= 0.3 is 6.18 Å². The number of sulfonamides is 1. The first kappa shape index (κ1) is 19.7. The molecular formula is C16H15F3N2O4S. The molecule has 0 saturated heterocycles. The lowest BCUT2D eigenvalue weighted by Crippen LogP contribution is -2.17. The molecule has 0 aliphatic heterocycles. The van der Waals surface area contributed by atoms with Crippen LogP contribution < -0.4 is 15.2 Å². The number of nitrogens with one attached hydrogen (secondary N) is 1. The van der Waals surface area contributed by atoms with Crippen molar-refractivity contribution in [3.63, 3.8) is 0 Å². The van der Waals surface area contributed by atoms with Gasteiger partial charge in [0.25, 0.3) is 0 Å². The Balaban J connectivity index is 2.18. The smallest absolute Gasteiger partial charge is 0.416 e. The van der Waals surface area contributed by atoms with Crippen LogP contribution in [0.25, 0.3) is 0 Å². The highest BCUT2D eigenvalue weighted by molar-refractivity contribution is 7.89. The zero-order valence-corrected chi connectivity index (χ0v) is 14.3. The number of rotatable bonds is 5. The number of alkyl halides is 3. The number of nitrogens with two attached hydrogens (primary N) is 1. The molecule has 10 heteroatoms. The van der Waals surface area contributed by atoms with Gasteiger partial charge in [-0.3, -0.25) is 4.79 Å². The number of anilines is 1. The Morgan fingerprint density at radius 2 is 1.88 bits per heavy atom. The summed E-state index contributed by atoms with van der Waals surface area (Å²) >= 11 is 0. The maximum absolute atomic E-state index is 12.7. The maximum Gasteiger partial charge on any atom is 0.416 e. The second kappa shape index (κ2) is 7.34. The van der Waals surface area contributed by atoms with Crippen LogP contribution in [0.3, 0.4) is 0 Å². The van der Waals surface area contributed by atoms with Crippen LogP contribution >= 0.6 is 0 Å². The molecule has 6 nitrogen and oxygen atoms in total. The standard InChI is InChI=1S/C16H15F3N2O4S/c1-25-13-6-5-12(9-14(13)26(20,23)24)21-15(22)8-10-3-2-4-11(7-10)16(17,18)19/h2-7,9H,8H2,1H3,(H,21,22)(H2,20,23,24). The van der Waals surface area contributed by atoms with Crippen LogP contribution in [0.4, 0.5) is 18.9 Å². The zero-order chi connectivity index (χ0) is 19.5. The van der Waals surface area contributed by atoms with E-state index < -0.39 is 27.7 Å². The van der Waals surface area contributed by atoms with Gasteiger partial charge in [0.1, 0.15) is 10.6 Å². The highest BCUT2D eigenvalue weighted by Gasteiger charge is 2.30. The van der Waals surface area contributed by atoms with Crippen molar-refractivity contribution in [2.45, 2.75) is 17.5 Å². The number of amides is 1. The highest BCUT2D eigenvalue weighted by Crippen LogP contribution is 2.30. The molecular weight excluding hydrogens is 373 g/mol. The number of carbonyl (C=O) groups excluding carboxylic acids is 1. The number of benzene rings is 2.